The zero-order chi connectivity index (χ0) is 40.3. The molecule has 0 aromatic heterocycles. The second kappa shape index (κ2) is 19.9. The number of esters is 1. The van der Waals surface area contributed by atoms with Gasteiger partial charge in [-0.1, -0.05) is 87.9 Å². The largest absolute Gasteiger partial charge is 0.507 e. The maximum Gasteiger partial charge on any atom is 0.332 e. The molecule has 11 nitrogen and oxygen atoms in total. The highest BCUT2D eigenvalue weighted by atomic mass is 79.9. The highest BCUT2D eigenvalue weighted by molar-refractivity contribution is 9.10. The number of halogens is 1. The molecule has 2 aromatic rings. The van der Waals surface area contributed by atoms with Gasteiger partial charge in [0.05, 0.1) is 16.2 Å². The molecular formula is C42H56BrN3O8. The van der Waals surface area contributed by atoms with Gasteiger partial charge in [-0.3, -0.25) is 14.4 Å². The van der Waals surface area contributed by atoms with Crippen molar-refractivity contribution in [1.82, 2.24) is 15.5 Å². The van der Waals surface area contributed by atoms with Crippen LogP contribution < -0.4 is 10.6 Å². The number of phenolic OH excluding ortho intramolecular Hbond substituents is 1. The first-order chi connectivity index (χ1) is 25.4. The second-order valence-electron chi connectivity index (χ2n) is 14.7. The number of ether oxygens (including phenoxy) is 2. The predicted molar refractivity (Wildman–Crippen MR) is 212 cm³/mol. The van der Waals surface area contributed by atoms with Crippen molar-refractivity contribution >= 4 is 39.6 Å². The summed E-state index contributed by atoms with van der Waals surface area (Å²) in [4.78, 5) is 57.8. The summed E-state index contributed by atoms with van der Waals surface area (Å²) >= 11 is 3.31. The van der Waals surface area contributed by atoms with Crippen molar-refractivity contribution in [3.63, 3.8) is 0 Å². The van der Waals surface area contributed by atoms with Gasteiger partial charge in [-0.25, -0.2) is 4.79 Å². The van der Waals surface area contributed by atoms with Gasteiger partial charge in [-0.15, -0.1) is 0 Å². The van der Waals surface area contributed by atoms with E-state index in [1.165, 1.54) is 24.8 Å². The van der Waals surface area contributed by atoms with E-state index < -0.39 is 47.6 Å². The fourth-order valence-corrected chi connectivity index (χ4v) is 6.76. The third-order valence-corrected chi connectivity index (χ3v) is 10.5. The molecule has 7 unspecified atom stereocenters. The van der Waals surface area contributed by atoms with E-state index >= 15 is 0 Å². The molecule has 3 amide bonds. The van der Waals surface area contributed by atoms with Gasteiger partial charge >= 0.3 is 5.97 Å². The number of nitrogens with one attached hydrogen (secondary N) is 2. The van der Waals surface area contributed by atoms with E-state index in [1.54, 1.807) is 39.3 Å². The zero-order valence-corrected chi connectivity index (χ0v) is 34.3. The fourth-order valence-electron chi connectivity index (χ4n) is 6.33. The summed E-state index contributed by atoms with van der Waals surface area (Å²) in [5.41, 5.74) is 0.840. The number of rotatable bonds is 7. The van der Waals surface area contributed by atoms with Crippen molar-refractivity contribution < 1.29 is 38.9 Å². The SMILES string of the molecule is CCC(C)C1C(=O)NC(Cc2ccc(O)c(Br)c2)C(=O)NC(C(C)(C)O)C(=O)OC(c2ccccc2)C(C)/C=C/C=C(\C)C(OC)C/C=C(/C)C(=O)N1C. The van der Waals surface area contributed by atoms with E-state index in [0.717, 1.165) is 5.57 Å². The van der Waals surface area contributed by atoms with Crippen LogP contribution in [0.4, 0.5) is 0 Å². The maximum absolute atomic E-state index is 14.3. The van der Waals surface area contributed by atoms with E-state index in [0.29, 0.717) is 34.0 Å². The van der Waals surface area contributed by atoms with Crippen LogP contribution in [0.25, 0.3) is 0 Å². The molecule has 0 saturated heterocycles. The molecule has 0 spiro atoms. The quantitative estimate of drug-likeness (QED) is 0.245. The van der Waals surface area contributed by atoms with Gasteiger partial charge in [-0.2, -0.15) is 0 Å². The smallest absolute Gasteiger partial charge is 0.332 e. The summed E-state index contributed by atoms with van der Waals surface area (Å²) in [6, 6.07) is 10.1. The highest BCUT2D eigenvalue weighted by Crippen LogP contribution is 2.30. The van der Waals surface area contributed by atoms with E-state index in [9.17, 15) is 29.4 Å². The van der Waals surface area contributed by atoms with Crippen LogP contribution in [0.2, 0.25) is 0 Å². The highest BCUT2D eigenvalue weighted by Gasteiger charge is 2.41. The molecule has 4 N–H and O–H groups in total. The molecule has 12 heteroatoms. The molecule has 294 valence electrons. The van der Waals surface area contributed by atoms with Crippen molar-refractivity contribution in [2.24, 2.45) is 11.8 Å². The van der Waals surface area contributed by atoms with Gasteiger partial charge in [0, 0.05) is 32.1 Å². The normalized spacial score (nSPS) is 27.6. The van der Waals surface area contributed by atoms with E-state index in [2.05, 4.69) is 26.6 Å². The van der Waals surface area contributed by atoms with Gasteiger partial charge in [0.2, 0.25) is 17.7 Å². The number of aromatic hydroxyl groups is 1. The second-order valence-corrected chi connectivity index (χ2v) is 15.5. The predicted octanol–water partition coefficient (Wildman–Crippen LogP) is 6.10. The number of hydrogen-bond donors (Lipinski definition) is 4. The van der Waals surface area contributed by atoms with Crippen LogP contribution in [0.3, 0.4) is 0 Å². The molecule has 0 radical (unpaired) electrons. The van der Waals surface area contributed by atoms with Gasteiger partial charge in [0.1, 0.15) is 23.9 Å². The number of carbonyl (C=O) groups excluding carboxylic acids is 4. The summed E-state index contributed by atoms with van der Waals surface area (Å²) in [5, 5.41) is 26.9. The van der Waals surface area contributed by atoms with Crippen molar-refractivity contribution in [3.05, 3.63) is 99.6 Å². The Hall–Kier alpha value is -4.26. The molecule has 0 bridgehead atoms. The Morgan fingerprint density at radius 2 is 1.72 bits per heavy atom. The third-order valence-electron chi connectivity index (χ3n) is 9.89. The monoisotopic (exact) mass is 809 g/mol. The van der Waals surface area contributed by atoms with Crippen LogP contribution in [0.1, 0.15) is 78.5 Å². The maximum atomic E-state index is 14.3. The zero-order valence-electron chi connectivity index (χ0n) is 32.8. The third kappa shape index (κ3) is 11.9. The molecule has 0 aliphatic carbocycles. The lowest BCUT2D eigenvalue weighted by Crippen LogP contribution is -2.61. The Morgan fingerprint density at radius 1 is 1.06 bits per heavy atom. The lowest BCUT2D eigenvalue weighted by molar-refractivity contribution is -0.162. The number of carbonyl (C=O) groups is 4. The van der Waals surface area contributed by atoms with Crippen LogP contribution >= 0.6 is 15.9 Å². The number of benzene rings is 2. The Balaban J connectivity index is 2.19. The van der Waals surface area contributed by atoms with Gasteiger partial charge in [0.25, 0.3) is 0 Å². The first-order valence-electron chi connectivity index (χ1n) is 18.3. The minimum Gasteiger partial charge on any atom is -0.507 e. The summed E-state index contributed by atoms with van der Waals surface area (Å²) in [6.07, 6.45) is 7.25. The van der Waals surface area contributed by atoms with Crippen molar-refractivity contribution in [1.29, 1.82) is 0 Å². The van der Waals surface area contributed by atoms with Crippen LogP contribution in [-0.2, 0) is 35.1 Å². The van der Waals surface area contributed by atoms with Gasteiger partial charge in [0.15, 0.2) is 6.04 Å². The van der Waals surface area contributed by atoms with Crippen molar-refractivity contribution in [2.75, 3.05) is 14.2 Å². The summed E-state index contributed by atoms with van der Waals surface area (Å²) in [7, 11) is 3.16. The molecule has 1 aliphatic rings. The number of hydrogen-bond acceptors (Lipinski definition) is 8. The standard InChI is InChI=1S/C42H56BrN3O8/c1-10-25(2)35-39(49)44-32(24-29-20-21-33(47)31(43)23-29)38(48)45-37(42(6,7)52)41(51)54-36(30-17-12-11-13-18-30)27(4)16-14-15-26(3)34(53-9)22-19-28(5)40(50)46(35)8/h11-21,23,25,27,32,34-37,47,52H,10,22,24H2,1-9H3,(H,44,49)(H,45,48)/b16-14+,26-15+,28-19-. The number of likely N-dealkylation sites (N-methyl/N-ethyl adjacent to an activating group) is 1. The summed E-state index contributed by atoms with van der Waals surface area (Å²) < 4.78 is 12.3. The Labute approximate surface area is 328 Å². The number of cyclic esters (lactones) is 1. The minimum atomic E-state index is -1.79. The van der Waals surface area contributed by atoms with Crippen LogP contribution in [-0.4, -0.2) is 82.8 Å². The molecule has 7 atom stereocenters. The molecule has 1 heterocycles. The Morgan fingerprint density at radius 3 is 2.31 bits per heavy atom. The van der Waals surface area contributed by atoms with Gasteiger partial charge in [-0.05, 0) is 84.8 Å². The molecular weight excluding hydrogens is 754 g/mol. The Kier molecular flexibility index (Phi) is 16.3. The van der Waals surface area contributed by atoms with Crippen LogP contribution in [0.15, 0.2) is 88.5 Å². The van der Waals surface area contributed by atoms with Crippen LogP contribution in [0, 0.1) is 11.8 Å². The van der Waals surface area contributed by atoms with Crippen LogP contribution in [0.5, 0.6) is 5.75 Å². The average Bonchev–Trinajstić information content (AvgIpc) is 3.12. The van der Waals surface area contributed by atoms with E-state index in [-0.39, 0.29) is 36.0 Å². The topological polar surface area (TPSA) is 155 Å². The number of aliphatic hydroxyl groups is 1. The number of allylic oxidation sites excluding steroid dienone is 2. The van der Waals surface area contributed by atoms with E-state index in [1.807, 2.05) is 76.3 Å². The lowest BCUT2D eigenvalue weighted by atomic mass is 9.94. The molecule has 1 aliphatic heterocycles. The van der Waals surface area contributed by atoms with E-state index in [4.69, 9.17) is 9.47 Å². The fraction of sp³-hybridized carbons (Fsp3) is 0.476. The molecule has 0 saturated carbocycles. The van der Waals surface area contributed by atoms with Gasteiger partial charge < -0.3 is 35.2 Å². The number of nitrogens with zero attached hydrogens (tertiary/aromatic N) is 1. The molecule has 0 fully saturated rings. The molecule has 2 aromatic carbocycles. The first-order valence-corrected chi connectivity index (χ1v) is 19.1. The summed E-state index contributed by atoms with van der Waals surface area (Å²) in [5.74, 6) is -3.22. The number of amides is 3. The average molecular weight is 811 g/mol. The molecule has 3 rings (SSSR count). The first kappa shape index (κ1) is 44.1. The lowest BCUT2D eigenvalue weighted by Gasteiger charge is -2.34. The summed E-state index contributed by atoms with van der Waals surface area (Å²) in [6.45, 7) is 12.1. The number of methoxy groups -OCH3 is 1. The number of phenols is 1. The molecule has 54 heavy (non-hydrogen) atoms. The minimum absolute atomic E-state index is 0.0100. The van der Waals surface area contributed by atoms with Crippen molar-refractivity contribution in [2.45, 2.75) is 104 Å². The Bertz CT molecular complexity index is 1720. The van der Waals surface area contributed by atoms with Crippen molar-refractivity contribution in [3.8, 4) is 5.75 Å².